The van der Waals surface area contributed by atoms with Gasteiger partial charge in [0.2, 0.25) is 5.91 Å². The molecule has 0 aliphatic carbocycles. The van der Waals surface area contributed by atoms with Crippen molar-refractivity contribution < 1.29 is 43.2 Å². The number of rotatable bonds is 12. The lowest BCUT2D eigenvalue weighted by Gasteiger charge is -2.48. The summed E-state index contributed by atoms with van der Waals surface area (Å²) >= 11 is 0. The molecule has 1 N–H and O–H groups in total. The van der Waals surface area contributed by atoms with E-state index in [2.05, 4.69) is 12.1 Å². The fraction of sp³-hybridized carbons (Fsp3) is 0.421. The Bertz CT molecular complexity index is 1570. The van der Waals surface area contributed by atoms with E-state index >= 15 is 0 Å². The van der Waals surface area contributed by atoms with Crippen LogP contribution in [-0.4, -0.2) is 66.0 Å². The number of aliphatic hydroxyl groups is 1. The maximum atomic E-state index is 13.6. The number of amides is 1. The first-order valence-corrected chi connectivity index (χ1v) is 16.4. The number of carbonyl (C=O) groups excluding carboxylic acids is 4. The molecule has 10 nitrogen and oxygen atoms in total. The van der Waals surface area contributed by atoms with Crippen molar-refractivity contribution in [3.63, 3.8) is 0 Å². The molecular weight excluding hydrogens is 614 g/mol. The minimum atomic E-state index is -1.42. The third-order valence-corrected chi connectivity index (χ3v) is 8.92. The minimum absolute atomic E-state index is 0.107. The Morgan fingerprint density at radius 2 is 1.42 bits per heavy atom. The number of carbonyl (C=O) groups is 4. The van der Waals surface area contributed by atoms with Crippen LogP contribution in [0.1, 0.15) is 61.9 Å². The Kier molecular flexibility index (Phi) is 11.3. The van der Waals surface area contributed by atoms with Crippen molar-refractivity contribution in [2.45, 2.75) is 89.9 Å². The largest absolute Gasteiger partial charge is 0.463 e. The zero-order chi connectivity index (χ0) is 34.4. The molecule has 3 aromatic carbocycles. The number of hydrogen-bond acceptors (Lipinski definition) is 9. The Balaban J connectivity index is 1.36. The molecule has 2 fully saturated rings. The van der Waals surface area contributed by atoms with E-state index in [9.17, 15) is 24.3 Å². The quantitative estimate of drug-likeness (QED) is 0.166. The number of esters is 3. The van der Waals surface area contributed by atoms with Crippen molar-refractivity contribution in [2.24, 2.45) is 5.92 Å². The summed E-state index contributed by atoms with van der Waals surface area (Å²) in [5.74, 6) is -1.91. The Labute approximate surface area is 280 Å². The van der Waals surface area contributed by atoms with Crippen molar-refractivity contribution in [3.05, 3.63) is 101 Å². The predicted octanol–water partition coefficient (Wildman–Crippen LogP) is 4.82. The zero-order valence-electron chi connectivity index (χ0n) is 27.7. The Morgan fingerprint density at radius 1 is 0.792 bits per heavy atom. The van der Waals surface area contributed by atoms with Crippen LogP contribution < -0.4 is 4.90 Å². The molecule has 3 aromatic rings. The average Bonchev–Trinajstić information content (AvgIpc) is 3.05. The van der Waals surface area contributed by atoms with E-state index in [1.165, 1.54) is 26.3 Å². The molecule has 0 unspecified atom stereocenters. The van der Waals surface area contributed by atoms with Gasteiger partial charge in [-0.1, -0.05) is 72.3 Å². The smallest absolute Gasteiger partial charge is 0.303 e. The summed E-state index contributed by atoms with van der Waals surface area (Å²) in [6.07, 6.45) is -2.81. The van der Waals surface area contributed by atoms with E-state index in [0.717, 1.165) is 41.6 Å². The highest BCUT2D eigenvalue weighted by Crippen LogP contribution is 2.46. The molecule has 0 spiro atoms. The molecule has 0 aromatic heterocycles. The maximum absolute atomic E-state index is 13.6. The first-order chi connectivity index (χ1) is 23.0. The molecule has 1 amide bonds. The molecule has 2 aliphatic heterocycles. The lowest BCUT2D eigenvalue weighted by molar-refractivity contribution is -0.246. The van der Waals surface area contributed by atoms with E-state index in [4.69, 9.17) is 18.9 Å². The van der Waals surface area contributed by atoms with Gasteiger partial charge in [0.25, 0.3) is 0 Å². The van der Waals surface area contributed by atoms with Gasteiger partial charge in [0.15, 0.2) is 12.2 Å². The first kappa shape index (κ1) is 34.8. The van der Waals surface area contributed by atoms with E-state index < -0.39 is 48.4 Å². The second-order valence-corrected chi connectivity index (χ2v) is 12.6. The molecule has 0 bridgehead atoms. The lowest BCUT2D eigenvalue weighted by atomic mass is 9.78. The van der Waals surface area contributed by atoms with Gasteiger partial charge in [0.05, 0.1) is 12.0 Å². The van der Waals surface area contributed by atoms with Crippen LogP contribution in [0.15, 0.2) is 78.9 Å². The fourth-order valence-corrected chi connectivity index (χ4v) is 6.64. The molecule has 2 heterocycles. The van der Waals surface area contributed by atoms with Crippen molar-refractivity contribution in [1.82, 2.24) is 0 Å². The standard InChI is InChI=1S/C38H43NO9/c1-23-13-19-30(20-14-23)39-34(31(38(39)44)12-8-11-27-9-6-5-7-10-27)29-17-15-28(16-18-29)21-32-36(46-25(3)41)35(43)37(47-26(4)42)33(48-32)22-45-24(2)40/h5-7,9-10,13-20,31-37,43H,8,11-12,21-22H2,1-4H3/t31-,32+,33-,34-,35-,36+,37-/m1/s1. The predicted molar refractivity (Wildman–Crippen MR) is 177 cm³/mol. The number of nitrogens with zero attached hydrogens (tertiary/aromatic N) is 1. The lowest BCUT2D eigenvalue weighted by Crippen LogP contribution is -2.61. The van der Waals surface area contributed by atoms with Gasteiger partial charge in [-0.25, -0.2) is 0 Å². The van der Waals surface area contributed by atoms with Crippen molar-refractivity contribution >= 4 is 29.5 Å². The number of aliphatic hydroxyl groups excluding tert-OH is 1. The normalized spacial score (nSPS) is 25.1. The van der Waals surface area contributed by atoms with Crippen LogP contribution in [0.5, 0.6) is 0 Å². The summed E-state index contributed by atoms with van der Waals surface area (Å²) in [4.78, 5) is 50.8. The zero-order valence-corrected chi connectivity index (χ0v) is 27.7. The number of aryl methyl sites for hydroxylation is 2. The Hall–Kier alpha value is -4.54. The highest BCUT2D eigenvalue weighted by Gasteiger charge is 2.50. The molecule has 7 atom stereocenters. The third-order valence-electron chi connectivity index (χ3n) is 8.92. The Morgan fingerprint density at radius 3 is 2.02 bits per heavy atom. The van der Waals surface area contributed by atoms with Gasteiger partial charge in [-0.3, -0.25) is 19.2 Å². The monoisotopic (exact) mass is 657 g/mol. The highest BCUT2D eigenvalue weighted by molar-refractivity contribution is 6.03. The van der Waals surface area contributed by atoms with Crippen LogP contribution in [0.4, 0.5) is 5.69 Å². The van der Waals surface area contributed by atoms with Gasteiger partial charge in [0.1, 0.15) is 24.9 Å². The number of benzene rings is 3. The van der Waals surface area contributed by atoms with Gasteiger partial charge in [-0.15, -0.1) is 0 Å². The summed E-state index contributed by atoms with van der Waals surface area (Å²) < 4.78 is 22.1. The molecule has 10 heteroatoms. The first-order valence-electron chi connectivity index (χ1n) is 16.4. The van der Waals surface area contributed by atoms with Crippen LogP contribution >= 0.6 is 0 Å². The second kappa shape index (κ2) is 15.6. The SMILES string of the molecule is CC(=O)OC[C@H]1O[C@@H](Cc2ccc([C@@H]3[C@@H](CCCc4ccccc4)C(=O)N3c3ccc(C)cc3)cc2)[C@H](OC(C)=O)[C@@H](O)[C@@H]1OC(C)=O. The number of ether oxygens (including phenoxy) is 4. The van der Waals surface area contributed by atoms with Gasteiger partial charge in [-0.2, -0.15) is 0 Å². The summed E-state index contributed by atoms with van der Waals surface area (Å²) in [6, 6.07) is 26.0. The van der Waals surface area contributed by atoms with E-state index in [-0.39, 0.29) is 30.9 Å². The van der Waals surface area contributed by atoms with Crippen LogP contribution in [0, 0.1) is 12.8 Å². The summed E-state index contributed by atoms with van der Waals surface area (Å²) in [6.45, 7) is 5.40. The van der Waals surface area contributed by atoms with Gasteiger partial charge >= 0.3 is 17.9 Å². The average molecular weight is 658 g/mol. The van der Waals surface area contributed by atoms with E-state index in [0.29, 0.717) is 0 Å². The van der Waals surface area contributed by atoms with Crippen LogP contribution in [0.25, 0.3) is 0 Å². The van der Waals surface area contributed by atoms with Crippen molar-refractivity contribution in [1.29, 1.82) is 0 Å². The molecule has 0 saturated carbocycles. The van der Waals surface area contributed by atoms with Gasteiger partial charge < -0.3 is 29.0 Å². The molecule has 48 heavy (non-hydrogen) atoms. The highest BCUT2D eigenvalue weighted by atomic mass is 16.6. The number of hydrogen-bond donors (Lipinski definition) is 1. The summed E-state index contributed by atoms with van der Waals surface area (Å²) in [5.41, 5.74) is 5.04. The molecule has 5 rings (SSSR count). The topological polar surface area (TPSA) is 129 Å². The minimum Gasteiger partial charge on any atom is -0.463 e. The van der Waals surface area contributed by atoms with Gasteiger partial charge in [-0.05, 0) is 55.0 Å². The van der Waals surface area contributed by atoms with E-state index in [1.807, 2.05) is 78.6 Å². The summed E-state index contributed by atoms with van der Waals surface area (Å²) in [5, 5.41) is 11.2. The number of β-lactam (4-membered cyclic amide) rings is 1. The fourth-order valence-electron chi connectivity index (χ4n) is 6.64. The molecule has 2 saturated heterocycles. The third kappa shape index (κ3) is 8.29. The summed E-state index contributed by atoms with van der Waals surface area (Å²) in [7, 11) is 0. The molecule has 0 radical (unpaired) electrons. The molecule has 254 valence electrons. The number of anilines is 1. The molecular formula is C38H43NO9. The maximum Gasteiger partial charge on any atom is 0.303 e. The van der Waals surface area contributed by atoms with Gasteiger partial charge in [0, 0.05) is 32.9 Å². The van der Waals surface area contributed by atoms with Crippen LogP contribution in [0.3, 0.4) is 0 Å². The van der Waals surface area contributed by atoms with Crippen molar-refractivity contribution in [3.8, 4) is 0 Å². The van der Waals surface area contributed by atoms with Crippen LogP contribution in [-0.2, 0) is 51.0 Å². The van der Waals surface area contributed by atoms with E-state index in [1.54, 1.807) is 0 Å². The van der Waals surface area contributed by atoms with Crippen LogP contribution in [0.2, 0.25) is 0 Å². The van der Waals surface area contributed by atoms with Crippen molar-refractivity contribution in [2.75, 3.05) is 11.5 Å². The second-order valence-electron chi connectivity index (χ2n) is 12.6. The molecule has 2 aliphatic rings.